The molecule has 0 aromatic carbocycles. The smallest absolute Gasteiger partial charge is 0.0615 e. The van der Waals surface area contributed by atoms with Crippen molar-refractivity contribution in [3.8, 4) is 0 Å². The Labute approximate surface area is 79.8 Å². The summed E-state index contributed by atoms with van der Waals surface area (Å²) in [6, 6.07) is 0.541. The number of likely N-dealkylation sites (tertiary alicyclic amines) is 1. The highest BCUT2D eigenvalue weighted by Gasteiger charge is 2.20. The van der Waals surface area contributed by atoms with Crippen LogP contribution in [0.3, 0.4) is 0 Å². The maximum absolute atomic E-state index is 6.01. The molecule has 0 aliphatic carbocycles. The van der Waals surface area contributed by atoms with Gasteiger partial charge in [0.2, 0.25) is 0 Å². The monoisotopic (exact) mass is 191 g/mol. The summed E-state index contributed by atoms with van der Waals surface area (Å²) in [5.41, 5.74) is 0. The first-order valence-electron chi connectivity index (χ1n) is 4.61. The van der Waals surface area contributed by atoms with Gasteiger partial charge in [0.15, 0.2) is 0 Å². The van der Waals surface area contributed by atoms with Crippen molar-refractivity contribution in [3.63, 3.8) is 0 Å². The van der Waals surface area contributed by atoms with Gasteiger partial charge in [0.1, 0.15) is 0 Å². The maximum atomic E-state index is 6.01. The minimum absolute atomic E-state index is 0.399. The maximum Gasteiger partial charge on any atom is 0.0615 e. The number of halogens is 1. The molecule has 72 valence electrons. The Balaban J connectivity index is 2.24. The molecular formula is C9H18ClNO. The van der Waals surface area contributed by atoms with E-state index in [1.165, 1.54) is 0 Å². The second-order valence-electron chi connectivity index (χ2n) is 3.51. The number of hydrogen-bond acceptors (Lipinski definition) is 2. The van der Waals surface area contributed by atoms with E-state index in [0.29, 0.717) is 11.4 Å². The first-order valence-corrected chi connectivity index (χ1v) is 5.04. The van der Waals surface area contributed by atoms with Gasteiger partial charge < -0.3 is 4.74 Å². The molecule has 3 heteroatoms. The molecule has 0 spiro atoms. The lowest BCUT2D eigenvalue weighted by Crippen LogP contribution is -2.42. The van der Waals surface area contributed by atoms with Gasteiger partial charge in [-0.2, -0.15) is 0 Å². The molecule has 1 heterocycles. The van der Waals surface area contributed by atoms with Crippen molar-refractivity contribution >= 4 is 11.6 Å². The second-order valence-corrected chi connectivity index (χ2v) is 4.13. The van der Waals surface area contributed by atoms with E-state index in [-0.39, 0.29) is 0 Å². The molecule has 0 radical (unpaired) electrons. The first kappa shape index (κ1) is 10.3. The highest BCUT2D eigenvalue weighted by atomic mass is 35.5. The van der Waals surface area contributed by atoms with Gasteiger partial charge in [-0.15, -0.1) is 11.6 Å². The number of nitrogens with zero attached hydrogens (tertiary/aromatic N) is 1. The molecule has 2 nitrogen and oxygen atoms in total. The minimum atomic E-state index is 0.399. The second kappa shape index (κ2) is 5.05. The van der Waals surface area contributed by atoms with E-state index in [4.69, 9.17) is 16.3 Å². The van der Waals surface area contributed by atoms with Crippen molar-refractivity contribution < 1.29 is 4.74 Å². The van der Waals surface area contributed by atoms with Crippen molar-refractivity contribution in [3.05, 3.63) is 0 Å². The van der Waals surface area contributed by atoms with Gasteiger partial charge in [-0.3, -0.25) is 4.90 Å². The van der Waals surface area contributed by atoms with Crippen LogP contribution in [0.1, 0.15) is 19.8 Å². The van der Waals surface area contributed by atoms with Crippen LogP contribution in [-0.2, 0) is 4.74 Å². The Morgan fingerprint density at radius 1 is 1.50 bits per heavy atom. The number of methoxy groups -OCH3 is 1. The Hall–Kier alpha value is 0.210. The van der Waals surface area contributed by atoms with Gasteiger partial charge in [-0.05, 0) is 32.9 Å². The van der Waals surface area contributed by atoms with Crippen molar-refractivity contribution in [2.45, 2.75) is 31.2 Å². The Kier molecular flexibility index (Phi) is 4.33. The van der Waals surface area contributed by atoms with E-state index < -0.39 is 0 Å². The Bertz CT molecular complexity index is 124. The molecule has 1 fully saturated rings. The van der Waals surface area contributed by atoms with Crippen LogP contribution in [-0.4, -0.2) is 43.1 Å². The standard InChI is InChI=1S/C9H18ClNO/c1-8(7-12-2)11-5-3-9(10)4-6-11/h8-9H,3-7H2,1-2H3. The van der Waals surface area contributed by atoms with Gasteiger partial charge in [0.05, 0.1) is 6.61 Å². The third-order valence-electron chi connectivity index (χ3n) is 2.49. The molecule has 0 saturated carbocycles. The zero-order valence-corrected chi connectivity index (χ0v) is 8.68. The third kappa shape index (κ3) is 2.92. The summed E-state index contributed by atoms with van der Waals surface area (Å²) in [5.74, 6) is 0. The lowest BCUT2D eigenvalue weighted by atomic mass is 10.1. The molecule has 1 unspecified atom stereocenters. The molecule has 12 heavy (non-hydrogen) atoms. The fraction of sp³-hybridized carbons (Fsp3) is 1.00. The molecule has 0 aromatic rings. The van der Waals surface area contributed by atoms with E-state index >= 15 is 0 Å². The highest BCUT2D eigenvalue weighted by Crippen LogP contribution is 2.17. The average molecular weight is 192 g/mol. The van der Waals surface area contributed by atoms with E-state index in [9.17, 15) is 0 Å². The molecule has 1 aliphatic heterocycles. The summed E-state index contributed by atoms with van der Waals surface area (Å²) >= 11 is 6.01. The van der Waals surface area contributed by atoms with Crippen LogP contribution in [0.4, 0.5) is 0 Å². The van der Waals surface area contributed by atoms with Crippen molar-refractivity contribution in [2.75, 3.05) is 26.8 Å². The van der Waals surface area contributed by atoms with E-state index in [0.717, 1.165) is 32.5 Å². The van der Waals surface area contributed by atoms with Crippen LogP contribution in [0.5, 0.6) is 0 Å². The minimum Gasteiger partial charge on any atom is -0.383 e. The number of alkyl halides is 1. The lowest BCUT2D eigenvalue weighted by molar-refractivity contribution is 0.0872. The lowest BCUT2D eigenvalue weighted by Gasteiger charge is -2.33. The van der Waals surface area contributed by atoms with Gasteiger partial charge in [-0.25, -0.2) is 0 Å². The number of piperidine rings is 1. The van der Waals surface area contributed by atoms with Crippen LogP contribution in [0.15, 0.2) is 0 Å². The molecule has 0 bridgehead atoms. The predicted octanol–water partition coefficient (Wildman–Crippen LogP) is 1.72. The summed E-state index contributed by atoms with van der Waals surface area (Å²) in [6.45, 7) is 5.28. The Morgan fingerprint density at radius 2 is 2.08 bits per heavy atom. The van der Waals surface area contributed by atoms with E-state index in [1.54, 1.807) is 7.11 Å². The molecule has 1 rings (SSSR count). The largest absolute Gasteiger partial charge is 0.383 e. The topological polar surface area (TPSA) is 12.5 Å². The normalized spacial score (nSPS) is 24.2. The fourth-order valence-electron chi connectivity index (χ4n) is 1.66. The summed E-state index contributed by atoms with van der Waals surface area (Å²) in [5, 5.41) is 0.399. The summed E-state index contributed by atoms with van der Waals surface area (Å²) in [4.78, 5) is 2.45. The van der Waals surface area contributed by atoms with Gasteiger partial charge in [0.25, 0.3) is 0 Å². The SMILES string of the molecule is COCC(C)N1CCC(Cl)CC1. The van der Waals surface area contributed by atoms with Crippen LogP contribution in [0.25, 0.3) is 0 Å². The van der Waals surface area contributed by atoms with E-state index in [1.807, 2.05) is 0 Å². The molecule has 1 atom stereocenters. The third-order valence-corrected chi connectivity index (χ3v) is 2.93. The van der Waals surface area contributed by atoms with Gasteiger partial charge >= 0.3 is 0 Å². The molecule has 1 saturated heterocycles. The van der Waals surface area contributed by atoms with Crippen LogP contribution >= 0.6 is 11.6 Å². The average Bonchev–Trinajstić information content (AvgIpc) is 2.06. The van der Waals surface area contributed by atoms with Crippen molar-refractivity contribution in [2.24, 2.45) is 0 Å². The summed E-state index contributed by atoms with van der Waals surface area (Å²) in [7, 11) is 1.75. The highest BCUT2D eigenvalue weighted by molar-refractivity contribution is 6.20. The molecular weight excluding hydrogens is 174 g/mol. The molecule has 0 N–H and O–H groups in total. The van der Waals surface area contributed by atoms with E-state index in [2.05, 4.69) is 11.8 Å². The van der Waals surface area contributed by atoms with Gasteiger partial charge in [0, 0.05) is 18.5 Å². The summed E-state index contributed by atoms with van der Waals surface area (Å²) in [6.07, 6.45) is 2.24. The molecule has 0 aromatic heterocycles. The summed E-state index contributed by atoms with van der Waals surface area (Å²) < 4.78 is 5.11. The number of ether oxygens (including phenoxy) is 1. The fourth-order valence-corrected chi connectivity index (χ4v) is 1.85. The Morgan fingerprint density at radius 3 is 2.58 bits per heavy atom. The van der Waals surface area contributed by atoms with Crippen LogP contribution < -0.4 is 0 Å². The zero-order chi connectivity index (χ0) is 8.97. The van der Waals surface area contributed by atoms with Gasteiger partial charge in [-0.1, -0.05) is 0 Å². The van der Waals surface area contributed by atoms with Crippen molar-refractivity contribution in [1.29, 1.82) is 0 Å². The quantitative estimate of drug-likeness (QED) is 0.630. The predicted molar refractivity (Wildman–Crippen MR) is 51.8 cm³/mol. The van der Waals surface area contributed by atoms with Crippen LogP contribution in [0.2, 0.25) is 0 Å². The van der Waals surface area contributed by atoms with Crippen LogP contribution in [0, 0.1) is 0 Å². The first-order chi connectivity index (χ1) is 5.74. The van der Waals surface area contributed by atoms with Crippen molar-refractivity contribution in [1.82, 2.24) is 4.90 Å². The molecule has 0 amide bonds. The number of rotatable bonds is 3. The number of hydrogen-bond donors (Lipinski definition) is 0. The zero-order valence-electron chi connectivity index (χ0n) is 7.92. The molecule has 1 aliphatic rings.